The first kappa shape index (κ1) is 15.5. The van der Waals surface area contributed by atoms with Crippen molar-refractivity contribution in [3.63, 3.8) is 0 Å². The van der Waals surface area contributed by atoms with Gasteiger partial charge < -0.3 is 9.88 Å². The van der Waals surface area contributed by atoms with Gasteiger partial charge in [-0.2, -0.15) is 5.26 Å². The molecule has 1 atom stereocenters. The summed E-state index contributed by atoms with van der Waals surface area (Å²) in [5.41, 5.74) is 4.41. The van der Waals surface area contributed by atoms with E-state index in [0.717, 1.165) is 37.9 Å². The van der Waals surface area contributed by atoms with Crippen molar-refractivity contribution in [2.24, 2.45) is 0 Å². The molecule has 0 amide bonds. The number of hydrogen-bond donors (Lipinski definition) is 1. The number of fused-ring (bicyclic) bond motifs is 1. The molecule has 1 aliphatic carbocycles. The zero-order valence-electron chi connectivity index (χ0n) is 13.4. The molecule has 0 saturated heterocycles. The molecule has 0 aliphatic heterocycles. The molecule has 23 heavy (non-hydrogen) atoms. The Hall–Kier alpha value is -2.38. The molecule has 0 bridgehead atoms. The van der Waals surface area contributed by atoms with Crippen LogP contribution in [-0.2, 0) is 25.9 Å². The molecule has 4 heteroatoms. The summed E-state index contributed by atoms with van der Waals surface area (Å²) >= 11 is 0. The van der Waals surface area contributed by atoms with Crippen molar-refractivity contribution in [2.75, 3.05) is 0 Å². The minimum Gasteiger partial charge on any atom is -0.313 e. The van der Waals surface area contributed by atoms with Crippen molar-refractivity contribution in [1.29, 1.82) is 5.26 Å². The minimum absolute atomic E-state index is 0.103. The highest BCUT2D eigenvalue weighted by Gasteiger charge is 2.20. The molecular weight excluding hydrogens is 286 g/mol. The van der Waals surface area contributed by atoms with Crippen LogP contribution in [0.15, 0.2) is 41.2 Å². The molecule has 118 valence electrons. The summed E-state index contributed by atoms with van der Waals surface area (Å²) in [5, 5.41) is 12.5. The van der Waals surface area contributed by atoms with Crippen LogP contribution >= 0.6 is 0 Å². The Morgan fingerprint density at radius 1 is 1.35 bits per heavy atom. The molecule has 1 unspecified atom stereocenters. The Balaban J connectivity index is 1.68. The summed E-state index contributed by atoms with van der Waals surface area (Å²) in [6.07, 6.45) is 2.93. The lowest BCUT2D eigenvalue weighted by atomic mass is 9.91. The largest absolute Gasteiger partial charge is 0.313 e. The minimum atomic E-state index is 0.103. The number of nitriles is 1. The van der Waals surface area contributed by atoms with Crippen LogP contribution in [-0.4, -0.2) is 10.6 Å². The molecule has 0 saturated carbocycles. The zero-order valence-corrected chi connectivity index (χ0v) is 13.4. The monoisotopic (exact) mass is 307 g/mol. The maximum atomic E-state index is 11.9. The molecule has 0 spiro atoms. The van der Waals surface area contributed by atoms with Gasteiger partial charge in [0, 0.05) is 30.9 Å². The van der Waals surface area contributed by atoms with Gasteiger partial charge in [0.25, 0.3) is 5.56 Å². The van der Waals surface area contributed by atoms with Gasteiger partial charge in [-0.1, -0.05) is 18.2 Å². The lowest BCUT2D eigenvalue weighted by molar-refractivity contribution is 0.441. The van der Waals surface area contributed by atoms with Crippen molar-refractivity contribution >= 4 is 0 Å². The lowest BCUT2D eigenvalue weighted by Crippen LogP contribution is -2.37. The van der Waals surface area contributed by atoms with Crippen molar-refractivity contribution in [2.45, 2.75) is 45.3 Å². The molecule has 1 aromatic carbocycles. The highest BCUT2D eigenvalue weighted by molar-refractivity contribution is 5.33. The smallest absolute Gasteiger partial charge is 0.250 e. The van der Waals surface area contributed by atoms with Crippen LogP contribution < -0.4 is 10.9 Å². The van der Waals surface area contributed by atoms with Gasteiger partial charge in [-0.15, -0.1) is 0 Å². The third-order valence-corrected chi connectivity index (χ3v) is 4.55. The van der Waals surface area contributed by atoms with Crippen LogP contribution in [0.4, 0.5) is 0 Å². The van der Waals surface area contributed by atoms with Crippen LogP contribution in [0.2, 0.25) is 0 Å². The topological polar surface area (TPSA) is 57.8 Å². The van der Waals surface area contributed by atoms with Gasteiger partial charge in [-0.25, -0.2) is 0 Å². The third-order valence-electron chi connectivity index (χ3n) is 4.55. The van der Waals surface area contributed by atoms with Gasteiger partial charge in [-0.05, 0) is 49.4 Å². The number of nitrogens with one attached hydrogen (secondary N) is 1. The highest BCUT2D eigenvalue weighted by atomic mass is 16.1. The second-order valence-corrected chi connectivity index (χ2v) is 6.02. The van der Waals surface area contributed by atoms with E-state index in [0.29, 0.717) is 11.6 Å². The summed E-state index contributed by atoms with van der Waals surface area (Å²) in [6, 6.07) is 14.0. The van der Waals surface area contributed by atoms with E-state index < -0.39 is 0 Å². The first-order valence-electron chi connectivity index (χ1n) is 8.15. The molecule has 1 heterocycles. The van der Waals surface area contributed by atoms with Gasteiger partial charge in [0.15, 0.2) is 0 Å². The van der Waals surface area contributed by atoms with E-state index in [2.05, 4.69) is 11.4 Å². The lowest BCUT2D eigenvalue weighted by Gasteiger charge is -2.27. The zero-order chi connectivity index (χ0) is 16.2. The SMILES string of the molecule is CCn1c2c(ccc1=O)CC(NCc1cccc(C#N)c1)CC2. The molecule has 4 nitrogen and oxygen atoms in total. The second-order valence-electron chi connectivity index (χ2n) is 6.02. The summed E-state index contributed by atoms with van der Waals surface area (Å²) in [7, 11) is 0. The number of pyridine rings is 1. The maximum absolute atomic E-state index is 11.9. The fraction of sp³-hybridized carbons (Fsp3) is 0.368. The van der Waals surface area contributed by atoms with Gasteiger partial charge in [0.05, 0.1) is 11.6 Å². The first-order valence-corrected chi connectivity index (χ1v) is 8.15. The second kappa shape index (κ2) is 6.80. The Bertz CT molecular complexity index is 801. The normalized spacial score (nSPS) is 16.6. The van der Waals surface area contributed by atoms with Crippen LogP contribution in [0.25, 0.3) is 0 Å². The van der Waals surface area contributed by atoms with E-state index in [1.54, 1.807) is 6.07 Å². The maximum Gasteiger partial charge on any atom is 0.250 e. The molecule has 2 aromatic rings. The molecule has 3 rings (SSSR count). The van der Waals surface area contributed by atoms with Gasteiger partial charge >= 0.3 is 0 Å². The highest BCUT2D eigenvalue weighted by Crippen LogP contribution is 2.20. The van der Waals surface area contributed by atoms with E-state index >= 15 is 0 Å². The van der Waals surface area contributed by atoms with Crippen molar-refractivity contribution in [1.82, 2.24) is 9.88 Å². The predicted molar refractivity (Wildman–Crippen MR) is 90.2 cm³/mol. The molecule has 1 N–H and O–H groups in total. The number of benzene rings is 1. The van der Waals surface area contributed by atoms with E-state index in [1.165, 1.54) is 11.3 Å². The van der Waals surface area contributed by atoms with E-state index in [-0.39, 0.29) is 5.56 Å². The van der Waals surface area contributed by atoms with Gasteiger partial charge in [0.1, 0.15) is 0 Å². The predicted octanol–water partition coefficient (Wildman–Crippen LogP) is 2.39. The van der Waals surface area contributed by atoms with Crippen LogP contribution in [0, 0.1) is 11.3 Å². The number of nitrogens with zero attached hydrogens (tertiary/aromatic N) is 2. The summed E-state index contributed by atoms with van der Waals surface area (Å²) in [6.45, 7) is 3.53. The number of aromatic nitrogens is 1. The van der Waals surface area contributed by atoms with Crippen LogP contribution in [0.5, 0.6) is 0 Å². The summed E-state index contributed by atoms with van der Waals surface area (Å²) in [5.74, 6) is 0. The molecule has 0 radical (unpaired) electrons. The Labute approximate surface area is 136 Å². The quantitative estimate of drug-likeness (QED) is 0.943. The number of rotatable bonds is 4. The van der Waals surface area contributed by atoms with Crippen molar-refractivity contribution in [3.8, 4) is 6.07 Å². The van der Waals surface area contributed by atoms with Gasteiger partial charge in [-0.3, -0.25) is 4.79 Å². The summed E-state index contributed by atoms with van der Waals surface area (Å²) < 4.78 is 1.89. The standard InChI is InChI=1S/C19H21N3O/c1-2-22-18-8-7-17(11-16(18)6-9-19(22)23)21-13-15-5-3-4-14(10-15)12-20/h3-6,9-10,17,21H,2,7-8,11,13H2,1H3. The van der Waals surface area contributed by atoms with E-state index in [4.69, 9.17) is 5.26 Å². The van der Waals surface area contributed by atoms with E-state index in [9.17, 15) is 4.79 Å². The Morgan fingerprint density at radius 3 is 3.00 bits per heavy atom. The first-order chi connectivity index (χ1) is 11.2. The number of hydrogen-bond acceptors (Lipinski definition) is 3. The van der Waals surface area contributed by atoms with Gasteiger partial charge in [0.2, 0.25) is 0 Å². The fourth-order valence-corrected chi connectivity index (χ4v) is 3.36. The molecule has 1 aromatic heterocycles. The average molecular weight is 307 g/mol. The molecular formula is C19H21N3O. The Morgan fingerprint density at radius 2 is 2.22 bits per heavy atom. The van der Waals surface area contributed by atoms with Crippen LogP contribution in [0.3, 0.4) is 0 Å². The average Bonchev–Trinajstić information content (AvgIpc) is 2.60. The fourth-order valence-electron chi connectivity index (χ4n) is 3.36. The third kappa shape index (κ3) is 3.35. The molecule has 1 aliphatic rings. The molecule has 0 fully saturated rings. The Kier molecular flexibility index (Phi) is 4.59. The van der Waals surface area contributed by atoms with Crippen molar-refractivity contribution < 1.29 is 0 Å². The van der Waals surface area contributed by atoms with Crippen LogP contribution in [0.1, 0.15) is 35.7 Å². The van der Waals surface area contributed by atoms with E-state index in [1.807, 2.05) is 41.8 Å². The van der Waals surface area contributed by atoms with Crippen molar-refractivity contribution in [3.05, 3.63) is 69.1 Å². The summed E-state index contributed by atoms with van der Waals surface area (Å²) in [4.78, 5) is 11.9.